The first-order valence-corrected chi connectivity index (χ1v) is 8.24. The number of anilines is 1. The highest BCUT2D eigenvalue weighted by Gasteiger charge is 2.31. The molecule has 0 bridgehead atoms. The van der Waals surface area contributed by atoms with Crippen molar-refractivity contribution < 1.29 is 14.4 Å². The van der Waals surface area contributed by atoms with E-state index < -0.39 is 18.0 Å². The van der Waals surface area contributed by atoms with Crippen LogP contribution in [0.3, 0.4) is 0 Å². The maximum Gasteiger partial charge on any atom is 0.322 e. The zero-order chi connectivity index (χ0) is 17.3. The van der Waals surface area contributed by atoms with Gasteiger partial charge >= 0.3 is 6.03 Å². The van der Waals surface area contributed by atoms with Gasteiger partial charge in [0.15, 0.2) is 5.13 Å². The number of hydrogen-bond donors (Lipinski definition) is 3. The second kappa shape index (κ2) is 6.40. The van der Waals surface area contributed by atoms with Gasteiger partial charge in [0.05, 0.1) is 12.1 Å². The summed E-state index contributed by atoms with van der Waals surface area (Å²) in [4.78, 5) is 38.9. The van der Waals surface area contributed by atoms with E-state index in [1.54, 1.807) is 0 Å². The van der Waals surface area contributed by atoms with E-state index in [0.29, 0.717) is 5.13 Å². The molecule has 1 aliphatic rings. The van der Waals surface area contributed by atoms with Crippen molar-refractivity contribution in [3.63, 3.8) is 0 Å². The number of amides is 4. The van der Waals surface area contributed by atoms with E-state index in [1.165, 1.54) is 22.5 Å². The summed E-state index contributed by atoms with van der Waals surface area (Å²) in [5.41, 5.74) is 4.15. The molecule has 7 nitrogen and oxygen atoms in total. The minimum atomic E-state index is -0.836. The second-order valence-electron chi connectivity index (χ2n) is 5.60. The Morgan fingerprint density at radius 3 is 2.75 bits per heavy atom. The minimum Gasteiger partial charge on any atom is -0.325 e. The van der Waals surface area contributed by atoms with Crippen LogP contribution in [0.4, 0.5) is 9.93 Å². The van der Waals surface area contributed by atoms with Gasteiger partial charge in [0, 0.05) is 10.9 Å². The van der Waals surface area contributed by atoms with Crippen molar-refractivity contribution in [3.8, 4) is 11.3 Å². The molecule has 2 heterocycles. The largest absolute Gasteiger partial charge is 0.325 e. The average Bonchev–Trinajstić information content (AvgIpc) is 3.09. The van der Waals surface area contributed by atoms with Crippen LogP contribution in [0, 0.1) is 13.8 Å². The normalized spacial score (nSPS) is 16.7. The Morgan fingerprint density at radius 1 is 1.29 bits per heavy atom. The summed E-state index contributed by atoms with van der Waals surface area (Å²) in [5.74, 6) is -0.872. The maximum absolute atomic E-state index is 12.0. The number of thiazole rings is 1. The number of carbonyl (C=O) groups excluding carboxylic acids is 3. The number of carbonyl (C=O) groups is 3. The molecular weight excluding hydrogens is 328 g/mol. The lowest BCUT2D eigenvalue weighted by Gasteiger charge is -2.06. The molecule has 0 spiro atoms. The van der Waals surface area contributed by atoms with Gasteiger partial charge in [0.1, 0.15) is 6.04 Å². The van der Waals surface area contributed by atoms with E-state index >= 15 is 0 Å². The molecule has 1 aromatic carbocycles. The van der Waals surface area contributed by atoms with Crippen LogP contribution in [0.2, 0.25) is 0 Å². The molecule has 3 rings (SSSR count). The first-order valence-electron chi connectivity index (χ1n) is 7.37. The fourth-order valence-corrected chi connectivity index (χ4v) is 3.06. The van der Waals surface area contributed by atoms with Crippen molar-refractivity contribution in [2.75, 3.05) is 5.32 Å². The maximum atomic E-state index is 12.0. The molecule has 0 saturated carbocycles. The highest BCUT2D eigenvalue weighted by molar-refractivity contribution is 7.14. The molecule has 4 amide bonds. The molecule has 124 valence electrons. The standard InChI is InChI=1S/C16H16N4O3S/c1-8-3-4-10(5-9(8)2)12-7-24-16(18-12)19-13(21)6-11-14(22)20-15(23)17-11/h3-5,7,11H,6H2,1-2H3,(H,18,19,21)(H2,17,20,22,23)/t11-/m1/s1. The highest BCUT2D eigenvalue weighted by Crippen LogP contribution is 2.26. The smallest absolute Gasteiger partial charge is 0.322 e. The van der Waals surface area contributed by atoms with Gasteiger partial charge in [0.2, 0.25) is 5.91 Å². The minimum absolute atomic E-state index is 0.129. The lowest BCUT2D eigenvalue weighted by Crippen LogP contribution is -2.33. The molecule has 1 atom stereocenters. The number of aromatic nitrogens is 1. The molecule has 0 radical (unpaired) electrons. The zero-order valence-corrected chi connectivity index (χ0v) is 14.0. The predicted molar refractivity (Wildman–Crippen MR) is 90.7 cm³/mol. The van der Waals surface area contributed by atoms with Crippen LogP contribution in [0.15, 0.2) is 23.6 Å². The van der Waals surface area contributed by atoms with Crippen LogP contribution in [0.5, 0.6) is 0 Å². The Bertz CT molecular complexity index is 830. The van der Waals surface area contributed by atoms with Gasteiger partial charge in [-0.15, -0.1) is 11.3 Å². The van der Waals surface area contributed by atoms with Gasteiger partial charge in [-0.1, -0.05) is 12.1 Å². The quantitative estimate of drug-likeness (QED) is 0.738. The molecule has 24 heavy (non-hydrogen) atoms. The van der Waals surface area contributed by atoms with Gasteiger partial charge in [-0.3, -0.25) is 14.9 Å². The topological polar surface area (TPSA) is 100 Å². The molecule has 1 saturated heterocycles. The summed E-state index contributed by atoms with van der Waals surface area (Å²) in [5, 5.41) is 9.45. The molecule has 3 N–H and O–H groups in total. The molecule has 8 heteroatoms. The third kappa shape index (κ3) is 3.43. The van der Waals surface area contributed by atoms with Crippen molar-refractivity contribution in [2.24, 2.45) is 0 Å². The van der Waals surface area contributed by atoms with Crippen molar-refractivity contribution in [3.05, 3.63) is 34.7 Å². The van der Waals surface area contributed by atoms with Crippen LogP contribution < -0.4 is 16.0 Å². The van der Waals surface area contributed by atoms with Crippen LogP contribution in [0.25, 0.3) is 11.3 Å². The molecule has 1 fully saturated rings. The number of rotatable bonds is 4. The third-order valence-corrected chi connectivity index (χ3v) is 4.56. The lowest BCUT2D eigenvalue weighted by atomic mass is 10.1. The Kier molecular flexibility index (Phi) is 4.30. The summed E-state index contributed by atoms with van der Waals surface area (Å²) >= 11 is 1.31. The molecule has 2 aromatic rings. The summed E-state index contributed by atoms with van der Waals surface area (Å²) in [6, 6.07) is 4.65. The number of hydrogen-bond acceptors (Lipinski definition) is 5. The first-order chi connectivity index (χ1) is 11.4. The van der Waals surface area contributed by atoms with Gasteiger partial charge in [0.25, 0.3) is 5.91 Å². The van der Waals surface area contributed by atoms with E-state index in [1.807, 2.05) is 37.4 Å². The van der Waals surface area contributed by atoms with Gasteiger partial charge in [-0.2, -0.15) is 0 Å². The molecule has 0 unspecified atom stereocenters. The molecule has 1 aliphatic heterocycles. The second-order valence-corrected chi connectivity index (χ2v) is 6.46. The Balaban J connectivity index is 1.65. The van der Waals surface area contributed by atoms with E-state index in [9.17, 15) is 14.4 Å². The van der Waals surface area contributed by atoms with Crippen LogP contribution >= 0.6 is 11.3 Å². The summed E-state index contributed by atoms with van der Waals surface area (Å²) in [6.45, 7) is 4.08. The van der Waals surface area contributed by atoms with Crippen molar-refractivity contribution >= 4 is 34.3 Å². The van der Waals surface area contributed by atoms with Crippen molar-refractivity contribution in [1.29, 1.82) is 0 Å². The Labute approximate surface area is 142 Å². The summed E-state index contributed by atoms with van der Waals surface area (Å²) in [6.07, 6.45) is -0.129. The van der Waals surface area contributed by atoms with Crippen molar-refractivity contribution in [1.82, 2.24) is 15.6 Å². The SMILES string of the molecule is Cc1ccc(-c2csc(NC(=O)C[C@H]3NC(=O)NC3=O)n2)cc1C. The van der Waals surface area contributed by atoms with E-state index in [0.717, 1.165) is 11.3 Å². The fourth-order valence-electron chi connectivity index (χ4n) is 2.32. The average molecular weight is 344 g/mol. The lowest BCUT2D eigenvalue weighted by molar-refractivity contribution is -0.124. The van der Waals surface area contributed by atoms with Gasteiger partial charge in [-0.05, 0) is 31.0 Å². The Hall–Kier alpha value is -2.74. The first kappa shape index (κ1) is 16.1. The van der Waals surface area contributed by atoms with Crippen LogP contribution in [0.1, 0.15) is 17.5 Å². The van der Waals surface area contributed by atoms with E-state index in [-0.39, 0.29) is 12.3 Å². The number of aryl methyl sites for hydroxylation is 2. The Morgan fingerprint density at radius 2 is 2.08 bits per heavy atom. The number of urea groups is 1. The van der Waals surface area contributed by atoms with Crippen LogP contribution in [-0.2, 0) is 9.59 Å². The van der Waals surface area contributed by atoms with Gasteiger partial charge in [-0.25, -0.2) is 9.78 Å². The highest BCUT2D eigenvalue weighted by atomic mass is 32.1. The number of imide groups is 1. The fraction of sp³-hybridized carbons (Fsp3) is 0.250. The molecular formula is C16H16N4O3S. The predicted octanol–water partition coefficient (Wildman–Crippen LogP) is 1.96. The van der Waals surface area contributed by atoms with Gasteiger partial charge < -0.3 is 10.6 Å². The summed E-state index contributed by atoms with van der Waals surface area (Å²) in [7, 11) is 0. The monoisotopic (exact) mass is 344 g/mol. The van der Waals surface area contributed by atoms with E-state index in [4.69, 9.17) is 0 Å². The van der Waals surface area contributed by atoms with Crippen molar-refractivity contribution in [2.45, 2.75) is 26.3 Å². The van der Waals surface area contributed by atoms with Crippen LogP contribution in [-0.4, -0.2) is 28.9 Å². The number of nitrogens with one attached hydrogen (secondary N) is 3. The molecule has 0 aliphatic carbocycles. The zero-order valence-electron chi connectivity index (χ0n) is 13.2. The van der Waals surface area contributed by atoms with E-state index in [2.05, 4.69) is 20.9 Å². The third-order valence-electron chi connectivity index (χ3n) is 3.80. The molecule has 1 aromatic heterocycles. The number of nitrogens with zero attached hydrogens (tertiary/aromatic N) is 1. The number of benzene rings is 1. The summed E-state index contributed by atoms with van der Waals surface area (Å²) < 4.78 is 0.